The molecule has 0 N–H and O–H groups in total. The van der Waals surface area contributed by atoms with Gasteiger partial charge in [-0.15, -0.1) is 0 Å². The zero-order chi connectivity index (χ0) is 9.97. The van der Waals surface area contributed by atoms with Crippen LogP contribution >= 0.6 is 0 Å². The van der Waals surface area contributed by atoms with Crippen LogP contribution in [-0.2, 0) is 0 Å². The van der Waals surface area contributed by atoms with E-state index < -0.39 is 0 Å². The second-order valence-corrected chi connectivity index (χ2v) is 4.92. The Morgan fingerprint density at radius 2 is 2.00 bits per heavy atom. The predicted molar refractivity (Wildman–Crippen MR) is 64.3 cm³/mol. The monoisotopic (exact) mass is 190 g/mol. The van der Waals surface area contributed by atoms with Crippen LogP contribution in [0.1, 0.15) is 25.7 Å². The Balaban J connectivity index is 2.01. The van der Waals surface area contributed by atoms with E-state index in [1.807, 2.05) is 6.21 Å². The normalized spacial score (nSPS) is 30.9. The molecule has 0 aromatic heterocycles. The van der Waals surface area contributed by atoms with Gasteiger partial charge in [-0.25, -0.2) is 0 Å². The van der Waals surface area contributed by atoms with Gasteiger partial charge in [-0.05, 0) is 19.2 Å². The number of aliphatic imine (C=N–C) groups is 2. The molecule has 0 bridgehead atoms. The molecule has 0 amide bonds. The molecule has 1 saturated carbocycles. The van der Waals surface area contributed by atoms with Crippen LogP contribution in [0, 0.1) is 0 Å². The average molecular weight is 190 g/mol. The van der Waals surface area contributed by atoms with Crippen molar-refractivity contribution in [3.63, 3.8) is 0 Å². The summed E-state index contributed by atoms with van der Waals surface area (Å²) in [5.74, 6) is 0. The lowest BCUT2D eigenvalue weighted by Gasteiger charge is -2.29. The van der Waals surface area contributed by atoms with Gasteiger partial charge in [0.1, 0.15) is 6.71 Å². The summed E-state index contributed by atoms with van der Waals surface area (Å²) in [5, 5.41) is 0. The Labute approximate surface area is 87.0 Å². The molecular weight excluding hydrogens is 171 g/mol. The van der Waals surface area contributed by atoms with Gasteiger partial charge in [-0.1, -0.05) is 26.5 Å². The molecule has 0 spiro atoms. The van der Waals surface area contributed by atoms with E-state index in [1.165, 1.54) is 31.4 Å². The van der Waals surface area contributed by atoms with E-state index in [2.05, 4.69) is 18.6 Å². The van der Waals surface area contributed by atoms with Crippen molar-refractivity contribution in [2.75, 3.05) is 0 Å². The van der Waals surface area contributed by atoms with Crippen LogP contribution in [0.15, 0.2) is 9.98 Å². The van der Waals surface area contributed by atoms with Gasteiger partial charge in [-0.3, -0.25) is 9.98 Å². The first-order valence-electron chi connectivity index (χ1n) is 5.85. The first-order valence-corrected chi connectivity index (χ1v) is 5.85. The molecule has 2 unspecified atom stereocenters. The summed E-state index contributed by atoms with van der Waals surface area (Å²) >= 11 is 0. The Kier molecular flexibility index (Phi) is 3.04. The van der Waals surface area contributed by atoms with Gasteiger partial charge < -0.3 is 0 Å². The van der Waals surface area contributed by atoms with Crippen LogP contribution in [0.5, 0.6) is 0 Å². The lowest BCUT2D eigenvalue weighted by atomic mass is 9.51. The zero-order valence-electron chi connectivity index (χ0n) is 9.24. The maximum atomic E-state index is 4.81. The maximum absolute atomic E-state index is 4.81. The Morgan fingerprint density at radius 1 is 1.29 bits per heavy atom. The minimum Gasteiger partial charge on any atom is -0.286 e. The van der Waals surface area contributed by atoms with Crippen molar-refractivity contribution in [1.82, 2.24) is 0 Å². The smallest absolute Gasteiger partial charge is 0.140 e. The second kappa shape index (κ2) is 4.29. The van der Waals surface area contributed by atoms with Crippen molar-refractivity contribution < 1.29 is 0 Å². The van der Waals surface area contributed by atoms with Crippen molar-refractivity contribution in [1.29, 1.82) is 0 Å². The fourth-order valence-electron chi connectivity index (χ4n) is 2.37. The van der Waals surface area contributed by atoms with Gasteiger partial charge >= 0.3 is 0 Å². The summed E-state index contributed by atoms with van der Waals surface area (Å²) in [6, 6.07) is 1.03. The topological polar surface area (TPSA) is 24.7 Å². The summed E-state index contributed by atoms with van der Waals surface area (Å²) in [4.78, 5) is 9.44. The van der Waals surface area contributed by atoms with Gasteiger partial charge in [-0.2, -0.15) is 0 Å². The largest absolute Gasteiger partial charge is 0.286 e. The van der Waals surface area contributed by atoms with E-state index in [0.29, 0.717) is 18.8 Å². The van der Waals surface area contributed by atoms with Crippen molar-refractivity contribution >= 4 is 18.6 Å². The summed E-state index contributed by atoms with van der Waals surface area (Å²) in [6.07, 6.45) is 8.30. The van der Waals surface area contributed by atoms with Crippen molar-refractivity contribution in [2.45, 2.75) is 57.7 Å². The SMILES string of the molecule is CB(C)CC1=NC2CCCCC2N=C1. The minimum atomic E-state index is 0.514. The number of nitrogens with zero attached hydrogens (tertiary/aromatic N) is 2. The molecule has 0 saturated heterocycles. The minimum absolute atomic E-state index is 0.514. The quantitative estimate of drug-likeness (QED) is 0.598. The third-order valence-electron chi connectivity index (χ3n) is 3.06. The number of rotatable bonds is 2. The summed E-state index contributed by atoms with van der Waals surface area (Å²) in [7, 11) is 0. The molecule has 1 heterocycles. The molecule has 1 aliphatic carbocycles. The van der Waals surface area contributed by atoms with E-state index in [-0.39, 0.29) is 0 Å². The first-order chi connectivity index (χ1) is 6.75. The van der Waals surface area contributed by atoms with Crippen LogP contribution in [-0.4, -0.2) is 30.7 Å². The van der Waals surface area contributed by atoms with Crippen molar-refractivity contribution in [2.24, 2.45) is 9.98 Å². The lowest BCUT2D eigenvalue weighted by Crippen LogP contribution is -2.32. The molecular formula is C11H19BN2. The fraction of sp³-hybridized carbons (Fsp3) is 0.818. The van der Waals surface area contributed by atoms with Gasteiger partial charge in [0.05, 0.1) is 12.1 Å². The Hall–Kier alpha value is -0.595. The molecule has 1 fully saturated rings. The molecule has 0 radical (unpaired) electrons. The van der Waals surface area contributed by atoms with E-state index >= 15 is 0 Å². The molecule has 3 heteroatoms. The molecule has 0 aromatic carbocycles. The van der Waals surface area contributed by atoms with E-state index in [0.717, 1.165) is 6.32 Å². The summed E-state index contributed by atoms with van der Waals surface area (Å²) < 4.78 is 0. The van der Waals surface area contributed by atoms with Gasteiger partial charge in [0.15, 0.2) is 0 Å². The van der Waals surface area contributed by atoms with E-state index in [1.54, 1.807) is 0 Å². The third kappa shape index (κ3) is 2.25. The standard InChI is InChI=1S/C11H19BN2/c1-12(2)7-9-8-13-10-5-3-4-6-11(10)14-9/h8,10-11H,3-7H2,1-2H3. The Morgan fingerprint density at radius 3 is 2.71 bits per heavy atom. The second-order valence-electron chi connectivity index (χ2n) is 4.92. The highest BCUT2D eigenvalue weighted by Crippen LogP contribution is 2.25. The predicted octanol–water partition coefficient (Wildman–Crippen LogP) is 2.58. The number of hydrogen-bond donors (Lipinski definition) is 0. The molecule has 76 valence electrons. The zero-order valence-corrected chi connectivity index (χ0v) is 9.24. The molecule has 14 heavy (non-hydrogen) atoms. The fourth-order valence-corrected chi connectivity index (χ4v) is 2.37. The van der Waals surface area contributed by atoms with Gasteiger partial charge in [0.25, 0.3) is 0 Å². The van der Waals surface area contributed by atoms with Gasteiger partial charge in [0, 0.05) is 11.9 Å². The average Bonchev–Trinajstić information content (AvgIpc) is 2.17. The molecule has 2 aliphatic rings. The van der Waals surface area contributed by atoms with Crippen molar-refractivity contribution in [3.05, 3.63) is 0 Å². The highest BCUT2D eigenvalue weighted by molar-refractivity contribution is 6.63. The molecule has 2 nitrogen and oxygen atoms in total. The highest BCUT2D eigenvalue weighted by Gasteiger charge is 2.26. The number of hydrogen-bond acceptors (Lipinski definition) is 2. The maximum Gasteiger partial charge on any atom is 0.140 e. The summed E-state index contributed by atoms with van der Waals surface area (Å²) in [6.45, 7) is 5.17. The van der Waals surface area contributed by atoms with E-state index in [4.69, 9.17) is 4.99 Å². The molecule has 0 aromatic rings. The lowest BCUT2D eigenvalue weighted by molar-refractivity contribution is 0.387. The van der Waals surface area contributed by atoms with Crippen LogP contribution in [0.3, 0.4) is 0 Å². The van der Waals surface area contributed by atoms with Gasteiger partial charge in [0.2, 0.25) is 0 Å². The molecule has 2 atom stereocenters. The Bertz CT molecular complexity index is 258. The van der Waals surface area contributed by atoms with Crippen LogP contribution in [0.4, 0.5) is 0 Å². The third-order valence-corrected chi connectivity index (χ3v) is 3.06. The number of fused-ring (bicyclic) bond motifs is 1. The van der Waals surface area contributed by atoms with Crippen LogP contribution in [0.25, 0.3) is 0 Å². The highest BCUT2D eigenvalue weighted by atomic mass is 15.0. The molecule has 1 aliphatic heterocycles. The molecule has 2 rings (SSSR count). The van der Waals surface area contributed by atoms with Crippen LogP contribution < -0.4 is 0 Å². The van der Waals surface area contributed by atoms with Crippen LogP contribution in [0.2, 0.25) is 20.0 Å². The van der Waals surface area contributed by atoms with E-state index in [9.17, 15) is 0 Å². The first kappa shape index (κ1) is 9.94. The summed E-state index contributed by atoms with van der Waals surface area (Å²) in [5.41, 5.74) is 1.23. The van der Waals surface area contributed by atoms with Crippen molar-refractivity contribution in [3.8, 4) is 0 Å².